The molecule has 131 valence electrons. The lowest BCUT2D eigenvalue weighted by Gasteiger charge is -2.19. The minimum atomic E-state index is -0.841. The predicted octanol–water partition coefficient (Wildman–Crippen LogP) is -0.447. The molecule has 0 bridgehead atoms. The summed E-state index contributed by atoms with van der Waals surface area (Å²) in [4.78, 5) is 33.4. The van der Waals surface area contributed by atoms with Crippen LogP contribution in [0.3, 0.4) is 0 Å². The maximum atomic E-state index is 12.1. The molecule has 0 saturated heterocycles. The molecule has 5 N–H and O–H groups in total. The molecule has 0 spiro atoms. The number of nitrogens with zero attached hydrogens (tertiary/aromatic N) is 1. The van der Waals surface area contributed by atoms with E-state index in [4.69, 9.17) is 5.41 Å². The Balaban J connectivity index is 4.23. The fourth-order valence-electron chi connectivity index (χ4n) is 1.66. The highest BCUT2D eigenvalue weighted by Crippen LogP contribution is 2.00. The average molecular weight is 329 g/mol. The zero-order valence-electron chi connectivity index (χ0n) is 13.5. The van der Waals surface area contributed by atoms with Crippen LogP contribution in [0.1, 0.15) is 33.1 Å². The first kappa shape index (κ1) is 20.6. The van der Waals surface area contributed by atoms with Crippen LogP contribution in [-0.2, 0) is 9.59 Å². The second-order valence-electron chi connectivity index (χ2n) is 5.21. The Kier molecular flexibility index (Phi) is 10.0. The fourth-order valence-corrected chi connectivity index (χ4v) is 1.66. The highest BCUT2D eigenvalue weighted by Gasteiger charge is 2.19. The zero-order chi connectivity index (χ0) is 17.8. The van der Waals surface area contributed by atoms with E-state index in [1.807, 2.05) is 6.92 Å². The lowest BCUT2D eigenvalue weighted by molar-refractivity contribution is -0.525. The lowest BCUT2D eigenvalue weighted by Crippen LogP contribution is -2.47. The third-order valence-corrected chi connectivity index (χ3v) is 2.99. The number of guanidine groups is 1. The van der Waals surface area contributed by atoms with E-state index in [0.717, 1.165) is 0 Å². The minimum absolute atomic E-state index is 0.243. The van der Waals surface area contributed by atoms with E-state index in [1.165, 1.54) is 6.92 Å². The van der Waals surface area contributed by atoms with Crippen molar-refractivity contribution in [2.75, 3.05) is 13.1 Å². The van der Waals surface area contributed by atoms with Gasteiger partial charge in [-0.3, -0.25) is 15.0 Å². The molecule has 2 amide bonds. The van der Waals surface area contributed by atoms with E-state index in [9.17, 15) is 19.7 Å². The van der Waals surface area contributed by atoms with Crippen LogP contribution in [0.25, 0.3) is 0 Å². The standard InChI is InChI=1S/C13H25N6O4/c1-4-9(2)8-16-12(21)11(17-10(3)20)6-5-7-15-13(14)18-19(22)23/h9,11H,1,4-8H2,2-3H3,(H,16,21)(H,17,20)(H3,14,15,18)/t9?,11-/m0/s1. The van der Waals surface area contributed by atoms with Crippen molar-refractivity contribution >= 4 is 17.8 Å². The number of hydrazine groups is 1. The monoisotopic (exact) mass is 329 g/mol. The molecule has 0 fully saturated rings. The van der Waals surface area contributed by atoms with Gasteiger partial charge in [0.1, 0.15) is 6.04 Å². The highest BCUT2D eigenvalue weighted by molar-refractivity contribution is 5.86. The fraction of sp³-hybridized carbons (Fsp3) is 0.692. The van der Waals surface area contributed by atoms with Crippen molar-refractivity contribution in [3.8, 4) is 0 Å². The molecule has 0 heterocycles. The zero-order valence-corrected chi connectivity index (χ0v) is 13.5. The van der Waals surface area contributed by atoms with Gasteiger partial charge in [-0.15, -0.1) is 0 Å². The maximum absolute atomic E-state index is 12.1. The van der Waals surface area contributed by atoms with E-state index < -0.39 is 17.0 Å². The summed E-state index contributed by atoms with van der Waals surface area (Å²) in [7, 11) is 0. The van der Waals surface area contributed by atoms with E-state index in [1.54, 1.807) is 5.43 Å². The quantitative estimate of drug-likeness (QED) is 0.120. The van der Waals surface area contributed by atoms with E-state index in [-0.39, 0.29) is 24.3 Å². The number of nitro groups is 1. The van der Waals surface area contributed by atoms with Crippen LogP contribution in [0.5, 0.6) is 0 Å². The summed E-state index contributed by atoms with van der Waals surface area (Å²) >= 11 is 0. The Morgan fingerprint density at radius 2 is 2.00 bits per heavy atom. The molecule has 0 rings (SSSR count). The van der Waals surface area contributed by atoms with Gasteiger partial charge < -0.3 is 16.0 Å². The molecule has 2 atom stereocenters. The molecule has 0 aliphatic carbocycles. The van der Waals surface area contributed by atoms with E-state index in [0.29, 0.717) is 25.8 Å². The van der Waals surface area contributed by atoms with Gasteiger partial charge in [0.05, 0.1) is 0 Å². The third kappa shape index (κ3) is 10.9. The Bertz CT molecular complexity index is 429. The molecule has 1 radical (unpaired) electrons. The molecule has 1 unspecified atom stereocenters. The number of amides is 2. The highest BCUT2D eigenvalue weighted by atomic mass is 16.7. The summed E-state index contributed by atoms with van der Waals surface area (Å²) < 4.78 is 0. The number of carbonyl (C=O) groups excluding carboxylic acids is 2. The van der Waals surface area contributed by atoms with Crippen molar-refractivity contribution in [1.82, 2.24) is 21.4 Å². The van der Waals surface area contributed by atoms with Crippen LogP contribution in [0.15, 0.2) is 0 Å². The smallest absolute Gasteiger partial charge is 0.251 e. The summed E-state index contributed by atoms with van der Waals surface area (Å²) in [5.74, 6) is -0.780. The molecule has 10 heteroatoms. The van der Waals surface area contributed by atoms with Crippen molar-refractivity contribution in [3.63, 3.8) is 0 Å². The van der Waals surface area contributed by atoms with E-state index >= 15 is 0 Å². The predicted molar refractivity (Wildman–Crippen MR) is 84.8 cm³/mol. The van der Waals surface area contributed by atoms with Crippen molar-refractivity contribution < 1.29 is 14.6 Å². The average Bonchev–Trinajstić information content (AvgIpc) is 2.46. The summed E-state index contributed by atoms with van der Waals surface area (Å²) in [5.41, 5.74) is 1.66. The molecule has 0 aliphatic rings. The summed E-state index contributed by atoms with van der Waals surface area (Å²) in [6.07, 6.45) is 1.49. The van der Waals surface area contributed by atoms with Crippen molar-refractivity contribution in [2.24, 2.45) is 5.92 Å². The Morgan fingerprint density at radius 1 is 1.35 bits per heavy atom. The van der Waals surface area contributed by atoms with Crippen LogP contribution in [0, 0.1) is 28.4 Å². The van der Waals surface area contributed by atoms with Crippen LogP contribution < -0.4 is 21.4 Å². The van der Waals surface area contributed by atoms with Gasteiger partial charge >= 0.3 is 0 Å². The molecule has 10 nitrogen and oxygen atoms in total. The number of rotatable bonds is 10. The Labute approximate surface area is 135 Å². The molecule has 23 heavy (non-hydrogen) atoms. The molecular formula is C13H25N6O4. The molecule has 0 saturated carbocycles. The van der Waals surface area contributed by atoms with Gasteiger partial charge in [0, 0.05) is 20.0 Å². The van der Waals surface area contributed by atoms with Crippen LogP contribution in [-0.4, -0.2) is 41.9 Å². The van der Waals surface area contributed by atoms with Crippen molar-refractivity contribution in [3.05, 3.63) is 17.0 Å². The van der Waals surface area contributed by atoms with Gasteiger partial charge in [0.15, 0.2) is 5.03 Å². The molecule has 0 aromatic heterocycles. The molecule has 0 aromatic carbocycles. The van der Waals surface area contributed by atoms with Gasteiger partial charge in [-0.1, -0.05) is 19.3 Å². The minimum Gasteiger partial charge on any atom is -0.354 e. The van der Waals surface area contributed by atoms with E-state index in [2.05, 4.69) is 22.9 Å². The van der Waals surface area contributed by atoms with Crippen LogP contribution >= 0.6 is 0 Å². The second-order valence-corrected chi connectivity index (χ2v) is 5.21. The van der Waals surface area contributed by atoms with Gasteiger partial charge in [0.2, 0.25) is 11.8 Å². The molecule has 0 aliphatic heterocycles. The number of carbonyl (C=O) groups is 2. The second kappa shape index (κ2) is 11.2. The summed E-state index contributed by atoms with van der Waals surface area (Å²) in [6, 6.07) is -0.677. The van der Waals surface area contributed by atoms with Crippen LogP contribution in [0.4, 0.5) is 0 Å². The van der Waals surface area contributed by atoms with Crippen molar-refractivity contribution in [2.45, 2.75) is 39.2 Å². The van der Waals surface area contributed by atoms with Gasteiger partial charge in [-0.25, -0.2) is 10.1 Å². The first-order valence-corrected chi connectivity index (χ1v) is 7.33. The first-order chi connectivity index (χ1) is 10.8. The third-order valence-electron chi connectivity index (χ3n) is 2.99. The van der Waals surface area contributed by atoms with Gasteiger partial charge in [-0.05, 0) is 25.2 Å². The Morgan fingerprint density at radius 3 is 2.52 bits per heavy atom. The maximum Gasteiger partial charge on any atom is 0.251 e. The largest absolute Gasteiger partial charge is 0.354 e. The SMILES string of the molecule is [CH2]CC(C)CNC(=O)[C@H](CCCNC(=N)N[N+](=O)[O-])NC(C)=O. The topological polar surface area (TPSA) is 149 Å². The molecular weight excluding hydrogens is 304 g/mol. The first-order valence-electron chi connectivity index (χ1n) is 7.33. The van der Waals surface area contributed by atoms with Crippen molar-refractivity contribution in [1.29, 1.82) is 5.41 Å². The Hall–Kier alpha value is -2.39. The summed E-state index contributed by atoms with van der Waals surface area (Å²) in [5, 5.41) is 24.3. The van der Waals surface area contributed by atoms with Gasteiger partial charge in [-0.2, -0.15) is 0 Å². The number of hydrogen-bond acceptors (Lipinski definition) is 5. The lowest BCUT2D eigenvalue weighted by atomic mass is 10.1. The van der Waals surface area contributed by atoms with Gasteiger partial charge in [0.25, 0.3) is 5.96 Å². The number of hydrogen-bond donors (Lipinski definition) is 5. The van der Waals surface area contributed by atoms with Crippen LogP contribution in [0.2, 0.25) is 0 Å². The summed E-state index contributed by atoms with van der Waals surface area (Å²) in [6.45, 7) is 7.78. The normalized spacial score (nSPS) is 12.7. The number of nitrogens with one attached hydrogen (secondary N) is 5. The molecule has 0 aromatic rings.